The molecule has 2 rings (SSSR count). The number of aliphatic hydroxyl groups is 1. The smallest absolute Gasteiger partial charge is 0.132 e. The lowest BCUT2D eigenvalue weighted by molar-refractivity contribution is 0.145. The lowest BCUT2D eigenvalue weighted by Gasteiger charge is -2.30. The van der Waals surface area contributed by atoms with E-state index in [1.165, 1.54) is 0 Å². The van der Waals surface area contributed by atoms with Gasteiger partial charge in [-0.25, -0.2) is 9.97 Å². The van der Waals surface area contributed by atoms with Crippen LogP contribution in [0.1, 0.15) is 18.5 Å². The van der Waals surface area contributed by atoms with Crippen LogP contribution in [0.5, 0.6) is 0 Å². The van der Waals surface area contributed by atoms with Crippen LogP contribution in [0.25, 0.3) is 0 Å². The van der Waals surface area contributed by atoms with Crippen LogP contribution in [-0.4, -0.2) is 41.4 Å². The van der Waals surface area contributed by atoms with Crippen molar-refractivity contribution in [1.29, 1.82) is 0 Å². The van der Waals surface area contributed by atoms with Crippen molar-refractivity contribution in [3.63, 3.8) is 0 Å². The van der Waals surface area contributed by atoms with Crippen LogP contribution in [0.4, 0.5) is 5.82 Å². The van der Waals surface area contributed by atoms with Gasteiger partial charge in [-0.3, -0.25) is 0 Å². The van der Waals surface area contributed by atoms with Gasteiger partial charge >= 0.3 is 0 Å². The first kappa shape index (κ1) is 11.3. The number of anilines is 1. The van der Waals surface area contributed by atoms with Crippen molar-refractivity contribution in [2.75, 3.05) is 25.1 Å². The number of rotatable bonds is 3. The SMILES string of the molecule is COCc1cc(N2CCC(O)CC2)ncn1. The quantitative estimate of drug-likeness (QED) is 0.812. The van der Waals surface area contributed by atoms with Crippen LogP contribution < -0.4 is 4.90 Å². The molecule has 0 saturated carbocycles. The van der Waals surface area contributed by atoms with E-state index in [2.05, 4.69) is 14.9 Å². The zero-order valence-corrected chi connectivity index (χ0v) is 9.46. The summed E-state index contributed by atoms with van der Waals surface area (Å²) in [5, 5.41) is 9.43. The van der Waals surface area contributed by atoms with E-state index in [4.69, 9.17) is 4.74 Å². The number of methoxy groups -OCH3 is 1. The molecule has 5 nitrogen and oxygen atoms in total. The molecule has 2 heterocycles. The van der Waals surface area contributed by atoms with E-state index in [9.17, 15) is 5.11 Å². The number of aliphatic hydroxyl groups excluding tert-OH is 1. The summed E-state index contributed by atoms with van der Waals surface area (Å²) in [5.41, 5.74) is 0.888. The molecule has 1 aliphatic heterocycles. The van der Waals surface area contributed by atoms with Gasteiger partial charge in [0, 0.05) is 26.3 Å². The molecule has 1 fully saturated rings. The van der Waals surface area contributed by atoms with Gasteiger partial charge in [0.1, 0.15) is 12.1 Å². The minimum absolute atomic E-state index is 0.156. The average molecular weight is 223 g/mol. The molecule has 0 radical (unpaired) electrons. The summed E-state index contributed by atoms with van der Waals surface area (Å²) in [7, 11) is 1.65. The average Bonchev–Trinajstić information content (AvgIpc) is 2.31. The third kappa shape index (κ3) is 2.68. The molecular formula is C11H17N3O2. The summed E-state index contributed by atoms with van der Waals surface area (Å²) < 4.78 is 5.04. The Labute approximate surface area is 95.1 Å². The molecule has 16 heavy (non-hydrogen) atoms. The van der Waals surface area contributed by atoms with Gasteiger partial charge in [0.2, 0.25) is 0 Å². The molecule has 0 unspecified atom stereocenters. The Hall–Kier alpha value is -1.20. The van der Waals surface area contributed by atoms with Gasteiger partial charge in [0.15, 0.2) is 0 Å². The Morgan fingerprint density at radius 1 is 1.44 bits per heavy atom. The van der Waals surface area contributed by atoms with Crippen LogP contribution in [0.3, 0.4) is 0 Å². The zero-order chi connectivity index (χ0) is 11.4. The van der Waals surface area contributed by atoms with Gasteiger partial charge in [0.05, 0.1) is 18.4 Å². The molecule has 1 aromatic heterocycles. The molecule has 0 aromatic carbocycles. The summed E-state index contributed by atoms with van der Waals surface area (Å²) in [6.45, 7) is 2.21. The maximum atomic E-state index is 9.43. The van der Waals surface area contributed by atoms with Gasteiger partial charge in [-0.15, -0.1) is 0 Å². The summed E-state index contributed by atoms with van der Waals surface area (Å²) in [6.07, 6.45) is 3.03. The van der Waals surface area contributed by atoms with Gasteiger partial charge in [-0.1, -0.05) is 0 Å². The molecule has 0 spiro atoms. The van der Waals surface area contributed by atoms with Crippen LogP contribution in [0, 0.1) is 0 Å². The van der Waals surface area contributed by atoms with E-state index in [1.807, 2.05) is 6.07 Å². The zero-order valence-electron chi connectivity index (χ0n) is 9.46. The highest BCUT2D eigenvalue weighted by Crippen LogP contribution is 2.17. The second-order valence-corrected chi connectivity index (χ2v) is 4.02. The second-order valence-electron chi connectivity index (χ2n) is 4.02. The number of ether oxygens (including phenoxy) is 1. The standard InChI is InChI=1S/C11H17N3O2/c1-16-7-9-6-11(13-8-12-9)14-4-2-10(15)3-5-14/h6,8,10,15H,2-5,7H2,1H3. The van der Waals surface area contributed by atoms with E-state index in [0.717, 1.165) is 37.4 Å². The van der Waals surface area contributed by atoms with Crippen LogP contribution in [-0.2, 0) is 11.3 Å². The number of nitrogens with zero attached hydrogens (tertiary/aromatic N) is 3. The molecule has 0 amide bonds. The molecule has 0 atom stereocenters. The topological polar surface area (TPSA) is 58.5 Å². The molecule has 1 aromatic rings. The third-order valence-corrected chi connectivity index (χ3v) is 2.79. The number of piperidine rings is 1. The summed E-state index contributed by atoms with van der Waals surface area (Å²) in [4.78, 5) is 10.5. The molecule has 1 aliphatic rings. The minimum atomic E-state index is -0.156. The highest BCUT2D eigenvalue weighted by Gasteiger charge is 2.18. The Morgan fingerprint density at radius 3 is 2.88 bits per heavy atom. The van der Waals surface area contributed by atoms with Crippen molar-refractivity contribution in [3.05, 3.63) is 18.1 Å². The number of hydrogen-bond acceptors (Lipinski definition) is 5. The molecule has 0 aliphatic carbocycles. The molecular weight excluding hydrogens is 206 g/mol. The molecule has 5 heteroatoms. The molecule has 1 saturated heterocycles. The Bertz CT molecular complexity index is 338. The third-order valence-electron chi connectivity index (χ3n) is 2.79. The maximum absolute atomic E-state index is 9.43. The van der Waals surface area contributed by atoms with Gasteiger partial charge in [-0.2, -0.15) is 0 Å². The highest BCUT2D eigenvalue weighted by atomic mass is 16.5. The van der Waals surface area contributed by atoms with Crippen LogP contribution >= 0.6 is 0 Å². The lowest BCUT2D eigenvalue weighted by atomic mass is 10.1. The summed E-state index contributed by atoms with van der Waals surface area (Å²) in [6, 6.07) is 1.95. The van der Waals surface area contributed by atoms with Crippen molar-refractivity contribution in [3.8, 4) is 0 Å². The Balaban J connectivity index is 2.05. The van der Waals surface area contributed by atoms with E-state index in [-0.39, 0.29) is 6.10 Å². The Morgan fingerprint density at radius 2 is 2.19 bits per heavy atom. The first-order valence-corrected chi connectivity index (χ1v) is 5.52. The molecule has 1 N–H and O–H groups in total. The van der Waals surface area contributed by atoms with Crippen LogP contribution in [0.15, 0.2) is 12.4 Å². The van der Waals surface area contributed by atoms with Crippen molar-refractivity contribution >= 4 is 5.82 Å². The van der Waals surface area contributed by atoms with Crippen molar-refractivity contribution in [1.82, 2.24) is 9.97 Å². The molecule has 88 valence electrons. The molecule has 0 bridgehead atoms. The van der Waals surface area contributed by atoms with E-state index in [1.54, 1.807) is 13.4 Å². The summed E-state index contributed by atoms with van der Waals surface area (Å²) >= 11 is 0. The number of aromatic nitrogens is 2. The van der Waals surface area contributed by atoms with Gasteiger partial charge < -0.3 is 14.7 Å². The predicted molar refractivity (Wildman–Crippen MR) is 60.2 cm³/mol. The first-order chi connectivity index (χ1) is 7.79. The van der Waals surface area contributed by atoms with E-state index >= 15 is 0 Å². The largest absolute Gasteiger partial charge is 0.393 e. The first-order valence-electron chi connectivity index (χ1n) is 5.52. The summed E-state index contributed by atoms with van der Waals surface area (Å²) in [5.74, 6) is 0.925. The fourth-order valence-electron chi connectivity index (χ4n) is 1.88. The number of hydrogen-bond donors (Lipinski definition) is 1. The highest BCUT2D eigenvalue weighted by molar-refractivity contribution is 5.39. The predicted octanol–water partition coefficient (Wildman–Crippen LogP) is 0.584. The fourth-order valence-corrected chi connectivity index (χ4v) is 1.88. The van der Waals surface area contributed by atoms with Crippen molar-refractivity contribution in [2.45, 2.75) is 25.6 Å². The van der Waals surface area contributed by atoms with E-state index in [0.29, 0.717) is 6.61 Å². The minimum Gasteiger partial charge on any atom is -0.393 e. The van der Waals surface area contributed by atoms with Crippen molar-refractivity contribution in [2.24, 2.45) is 0 Å². The maximum Gasteiger partial charge on any atom is 0.132 e. The fraction of sp³-hybridized carbons (Fsp3) is 0.636. The van der Waals surface area contributed by atoms with Gasteiger partial charge in [0.25, 0.3) is 0 Å². The lowest BCUT2D eigenvalue weighted by Crippen LogP contribution is -2.36. The van der Waals surface area contributed by atoms with Crippen molar-refractivity contribution < 1.29 is 9.84 Å². The Kier molecular flexibility index (Phi) is 3.69. The van der Waals surface area contributed by atoms with Crippen LogP contribution in [0.2, 0.25) is 0 Å². The normalized spacial score (nSPS) is 17.8. The second kappa shape index (κ2) is 5.23. The van der Waals surface area contributed by atoms with E-state index < -0.39 is 0 Å². The van der Waals surface area contributed by atoms with Gasteiger partial charge in [-0.05, 0) is 12.8 Å². The monoisotopic (exact) mass is 223 g/mol.